The fourth-order valence-corrected chi connectivity index (χ4v) is 2.32. The molecule has 0 amide bonds. The van der Waals surface area contributed by atoms with Gasteiger partial charge in [0.2, 0.25) is 0 Å². The summed E-state index contributed by atoms with van der Waals surface area (Å²) in [4.78, 5) is 8.58. The summed E-state index contributed by atoms with van der Waals surface area (Å²) in [6.07, 6.45) is 7.71. The van der Waals surface area contributed by atoms with E-state index in [2.05, 4.69) is 15.3 Å². The molecule has 0 aliphatic rings. The standard InChI is InChI=1S/C20H24FN3/c1-5-14(3)11-17(21)15(4)18(6-2)24-13-16-7-8-19-20(12-16)23-10-9-22-19/h6-12,24H,5,13H2,1-4H3/b14-11+,17-15+,18-6+. The van der Waals surface area contributed by atoms with Crippen molar-refractivity contribution >= 4 is 11.0 Å². The summed E-state index contributed by atoms with van der Waals surface area (Å²) in [6, 6.07) is 5.96. The zero-order valence-corrected chi connectivity index (χ0v) is 14.7. The highest BCUT2D eigenvalue weighted by molar-refractivity contribution is 5.74. The quantitative estimate of drug-likeness (QED) is 0.740. The number of benzene rings is 1. The van der Waals surface area contributed by atoms with Gasteiger partial charge in [-0.05, 0) is 51.0 Å². The van der Waals surface area contributed by atoms with Gasteiger partial charge < -0.3 is 5.32 Å². The Morgan fingerprint density at radius 1 is 1.17 bits per heavy atom. The first-order valence-electron chi connectivity index (χ1n) is 8.19. The fourth-order valence-electron chi connectivity index (χ4n) is 2.32. The molecular formula is C20H24FN3. The number of halogens is 1. The average molecular weight is 325 g/mol. The van der Waals surface area contributed by atoms with E-state index in [1.165, 1.54) is 0 Å². The highest BCUT2D eigenvalue weighted by Crippen LogP contribution is 2.18. The first-order valence-corrected chi connectivity index (χ1v) is 8.19. The minimum atomic E-state index is -0.195. The second kappa shape index (κ2) is 8.39. The van der Waals surface area contributed by atoms with Crippen LogP contribution in [0.1, 0.15) is 39.7 Å². The Balaban J connectivity index is 2.14. The number of hydrogen-bond donors (Lipinski definition) is 1. The number of hydrogen-bond acceptors (Lipinski definition) is 3. The molecule has 0 spiro atoms. The molecule has 1 aromatic carbocycles. The van der Waals surface area contributed by atoms with Gasteiger partial charge in [0.1, 0.15) is 5.83 Å². The van der Waals surface area contributed by atoms with Gasteiger partial charge in [0, 0.05) is 30.2 Å². The second-order valence-electron chi connectivity index (χ2n) is 5.75. The van der Waals surface area contributed by atoms with Crippen molar-refractivity contribution in [2.24, 2.45) is 0 Å². The summed E-state index contributed by atoms with van der Waals surface area (Å²) in [6.45, 7) is 8.26. The molecule has 24 heavy (non-hydrogen) atoms. The molecule has 0 bridgehead atoms. The van der Waals surface area contributed by atoms with Gasteiger partial charge in [-0.2, -0.15) is 0 Å². The summed E-state index contributed by atoms with van der Waals surface area (Å²) in [5.74, 6) is -0.195. The van der Waals surface area contributed by atoms with Gasteiger partial charge in [-0.3, -0.25) is 9.97 Å². The van der Waals surface area contributed by atoms with Gasteiger partial charge in [0.15, 0.2) is 0 Å². The minimum Gasteiger partial charge on any atom is -0.381 e. The molecule has 4 heteroatoms. The Morgan fingerprint density at radius 2 is 1.88 bits per heavy atom. The van der Waals surface area contributed by atoms with Crippen LogP contribution in [0.2, 0.25) is 0 Å². The highest BCUT2D eigenvalue weighted by atomic mass is 19.1. The first-order chi connectivity index (χ1) is 11.5. The topological polar surface area (TPSA) is 37.8 Å². The predicted molar refractivity (Wildman–Crippen MR) is 98.0 cm³/mol. The van der Waals surface area contributed by atoms with E-state index in [0.29, 0.717) is 12.1 Å². The van der Waals surface area contributed by atoms with Crippen LogP contribution in [0.5, 0.6) is 0 Å². The lowest BCUT2D eigenvalue weighted by atomic mass is 10.1. The summed E-state index contributed by atoms with van der Waals surface area (Å²) < 4.78 is 14.3. The fraction of sp³-hybridized carbons (Fsp3) is 0.300. The summed E-state index contributed by atoms with van der Waals surface area (Å²) in [7, 11) is 0. The van der Waals surface area contributed by atoms with Crippen LogP contribution >= 0.6 is 0 Å². The monoisotopic (exact) mass is 325 g/mol. The molecule has 2 aromatic rings. The van der Waals surface area contributed by atoms with Gasteiger partial charge in [0.25, 0.3) is 0 Å². The molecule has 1 aromatic heterocycles. The zero-order chi connectivity index (χ0) is 17.5. The van der Waals surface area contributed by atoms with Crippen LogP contribution in [0.25, 0.3) is 11.0 Å². The van der Waals surface area contributed by atoms with E-state index in [1.54, 1.807) is 25.4 Å². The number of aromatic nitrogens is 2. The summed E-state index contributed by atoms with van der Waals surface area (Å²) in [5, 5.41) is 3.31. The van der Waals surface area contributed by atoms with Gasteiger partial charge in [-0.15, -0.1) is 0 Å². The molecular weight excluding hydrogens is 301 g/mol. The Kier molecular flexibility index (Phi) is 6.24. The largest absolute Gasteiger partial charge is 0.381 e. The molecule has 0 atom stereocenters. The number of nitrogens with zero attached hydrogens (tertiary/aromatic N) is 2. The third-order valence-corrected chi connectivity index (χ3v) is 4.00. The van der Waals surface area contributed by atoms with E-state index in [4.69, 9.17) is 0 Å². The molecule has 3 nitrogen and oxygen atoms in total. The van der Waals surface area contributed by atoms with Crippen molar-refractivity contribution in [3.8, 4) is 0 Å². The van der Waals surface area contributed by atoms with E-state index < -0.39 is 0 Å². The maximum Gasteiger partial charge on any atom is 0.128 e. The van der Waals surface area contributed by atoms with E-state index in [1.807, 2.05) is 45.0 Å². The molecule has 0 saturated carbocycles. The molecule has 0 fully saturated rings. The third-order valence-electron chi connectivity index (χ3n) is 4.00. The number of allylic oxidation sites excluding steroid dienone is 5. The van der Waals surface area contributed by atoms with Crippen molar-refractivity contribution in [1.82, 2.24) is 15.3 Å². The minimum absolute atomic E-state index is 0.195. The second-order valence-corrected chi connectivity index (χ2v) is 5.75. The number of rotatable bonds is 6. The van der Waals surface area contributed by atoms with Gasteiger partial charge >= 0.3 is 0 Å². The van der Waals surface area contributed by atoms with Crippen molar-refractivity contribution in [3.05, 3.63) is 71.0 Å². The van der Waals surface area contributed by atoms with E-state index in [-0.39, 0.29) is 5.83 Å². The first kappa shape index (κ1) is 17.9. The SMILES string of the molecule is C\C=C(NCc1ccc2nccnc2c1)/C(C)=C(F)\C=C(/C)CC. The van der Waals surface area contributed by atoms with Crippen molar-refractivity contribution in [2.45, 2.75) is 40.7 Å². The molecule has 2 rings (SSSR count). The average Bonchev–Trinajstić information content (AvgIpc) is 2.61. The lowest BCUT2D eigenvalue weighted by molar-refractivity contribution is 0.647. The zero-order valence-electron chi connectivity index (χ0n) is 14.7. The highest BCUT2D eigenvalue weighted by Gasteiger charge is 2.06. The van der Waals surface area contributed by atoms with E-state index in [0.717, 1.165) is 34.3 Å². The van der Waals surface area contributed by atoms with Crippen LogP contribution in [0.15, 0.2) is 65.4 Å². The van der Waals surface area contributed by atoms with Crippen LogP contribution in [0, 0.1) is 0 Å². The Labute approximate surface area is 143 Å². The molecule has 0 aliphatic carbocycles. The van der Waals surface area contributed by atoms with E-state index in [9.17, 15) is 4.39 Å². The maximum atomic E-state index is 14.3. The van der Waals surface area contributed by atoms with Crippen molar-refractivity contribution in [2.75, 3.05) is 0 Å². The Hall–Kier alpha value is -2.49. The van der Waals surface area contributed by atoms with Crippen molar-refractivity contribution in [1.29, 1.82) is 0 Å². The van der Waals surface area contributed by atoms with Crippen LogP contribution in [0.3, 0.4) is 0 Å². The van der Waals surface area contributed by atoms with Crippen LogP contribution in [-0.2, 0) is 6.54 Å². The number of nitrogens with one attached hydrogen (secondary N) is 1. The number of fused-ring (bicyclic) bond motifs is 1. The van der Waals surface area contributed by atoms with Gasteiger partial charge in [-0.25, -0.2) is 4.39 Å². The molecule has 0 aliphatic heterocycles. The normalized spacial score (nSPS) is 13.9. The maximum absolute atomic E-state index is 14.3. The van der Waals surface area contributed by atoms with Crippen LogP contribution in [-0.4, -0.2) is 9.97 Å². The molecule has 0 unspecified atom stereocenters. The predicted octanol–water partition coefficient (Wildman–Crippen LogP) is 5.22. The van der Waals surface area contributed by atoms with Crippen molar-refractivity contribution in [3.63, 3.8) is 0 Å². The smallest absolute Gasteiger partial charge is 0.128 e. The van der Waals surface area contributed by atoms with Crippen LogP contribution in [0.4, 0.5) is 4.39 Å². The van der Waals surface area contributed by atoms with Gasteiger partial charge in [-0.1, -0.05) is 24.6 Å². The third kappa shape index (κ3) is 4.51. The van der Waals surface area contributed by atoms with Gasteiger partial charge in [0.05, 0.1) is 11.0 Å². The molecule has 1 heterocycles. The van der Waals surface area contributed by atoms with E-state index >= 15 is 0 Å². The van der Waals surface area contributed by atoms with Crippen molar-refractivity contribution < 1.29 is 4.39 Å². The summed E-state index contributed by atoms with van der Waals surface area (Å²) in [5.41, 5.74) is 5.25. The lowest BCUT2D eigenvalue weighted by Gasteiger charge is -2.12. The Bertz CT molecular complexity index is 803. The molecule has 0 radical (unpaired) electrons. The lowest BCUT2D eigenvalue weighted by Crippen LogP contribution is -2.14. The molecule has 126 valence electrons. The molecule has 1 N–H and O–H groups in total. The Morgan fingerprint density at radius 3 is 2.54 bits per heavy atom. The summed E-state index contributed by atoms with van der Waals surface area (Å²) >= 11 is 0. The van der Waals surface area contributed by atoms with Crippen LogP contribution < -0.4 is 5.32 Å². The molecule has 0 saturated heterocycles.